The summed E-state index contributed by atoms with van der Waals surface area (Å²) in [5.41, 5.74) is 5.76. The lowest BCUT2D eigenvalue weighted by Crippen LogP contribution is -1.94. The zero-order chi connectivity index (χ0) is 20.2. The molecule has 2 aromatic heterocycles. The normalized spacial score (nSPS) is 11.3. The fraction of sp³-hybridized carbons (Fsp3) is 0. The summed E-state index contributed by atoms with van der Waals surface area (Å²) in [6.07, 6.45) is 0. The fourth-order valence-corrected chi connectivity index (χ4v) is 4.33. The molecule has 0 fully saturated rings. The van der Waals surface area contributed by atoms with Gasteiger partial charge in [0.25, 0.3) is 0 Å². The zero-order valence-electron chi connectivity index (χ0n) is 15.8. The number of fused-ring (bicyclic) bond motifs is 6. The number of furan rings is 1. The van der Waals surface area contributed by atoms with E-state index in [1.807, 2.05) is 60.7 Å². The van der Waals surface area contributed by atoms with Crippen LogP contribution < -0.4 is 0 Å². The highest BCUT2D eigenvalue weighted by molar-refractivity contribution is 6.13. The molecule has 0 N–H and O–H groups in total. The van der Waals surface area contributed by atoms with E-state index in [9.17, 15) is 10.5 Å². The molecule has 4 heteroatoms. The van der Waals surface area contributed by atoms with E-state index in [1.165, 1.54) is 0 Å². The molecule has 0 spiro atoms. The number of nitrogens with zero attached hydrogens (tertiary/aromatic N) is 3. The van der Waals surface area contributed by atoms with Crippen molar-refractivity contribution in [2.45, 2.75) is 0 Å². The van der Waals surface area contributed by atoms with Gasteiger partial charge in [-0.2, -0.15) is 10.5 Å². The predicted molar refractivity (Wildman–Crippen MR) is 117 cm³/mol. The summed E-state index contributed by atoms with van der Waals surface area (Å²) < 4.78 is 8.45. The standard InChI is InChI=1S/C26H13N3O/c27-14-16-8-10-23-20(12-16)18-4-1-2-6-22(18)29(23)24-7-3-5-19-21-13-17(15-28)9-11-25(21)30-26(19)24/h1-13H. The number of hydrogen-bond donors (Lipinski definition) is 0. The monoisotopic (exact) mass is 383 g/mol. The largest absolute Gasteiger partial charge is 0.454 e. The van der Waals surface area contributed by atoms with Gasteiger partial charge < -0.3 is 8.98 Å². The second-order valence-electron chi connectivity index (χ2n) is 7.27. The molecule has 2 heterocycles. The van der Waals surface area contributed by atoms with Crippen molar-refractivity contribution in [2.24, 2.45) is 0 Å². The highest BCUT2D eigenvalue weighted by Gasteiger charge is 2.17. The summed E-state index contributed by atoms with van der Waals surface area (Å²) in [6, 6.07) is 30.0. The van der Waals surface area contributed by atoms with E-state index in [-0.39, 0.29) is 0 Å². The van der Waals surface area contributed by atoms with Crippen LogP contribution in [0.2, 0.25) is 0 Å². The lowest BCUT2D eigenvalue weighted by Gasteiger charge is -2.08. The molecule has 0 radical (unpaired) electrons. The molecule has 0 unspecified atom stereocenters. The van der Waals surface area contributed by atoms with E-state index in [0.29, 0.717) is 11.1 Å². The molecule has 6 aromatic rings. The molecule has 6 rings (SSSR count). The summed E-state index contributed by atoms with van der Waals surface area (Å²) in [6.45, 7) is 0. The van der Waals surface area contributed by atoms with Crippen LogP contribution in [0.5, 0.6) is 0 Å². The van der Waals surface area contributed by atoms with E-state index in [2.05, 4.69) is 28.8 Å². The van der Waals surface area contributed by atoms with Crippen LogP contribution in [-0.2, 0) is 0 Å². The predicted octanol–water partition coefficient (Wildman–Crippen LogP) is 6.43. The summed E-state index contributed by atoms with van der Waals surface area (Å²) >= 11 is 0. The van der Waals surface area contributed by atoms with Crippen molar-refractivity contribution < 1.29 is 4.42 Å². The Bertz CT molecular complexity index is 1720. The second kappa shape index (κ2) is 5.98. The van der Waals surface area contributed by atoms with E-state index in [0.717, 1.165) is 49.4 Å². The molecule has 0 amide bonds. The van der Waals surface area contributed by atoms with Gasteiger partial charge in [0, 0.05) is 21.5 Å². The molecule has 30 heavy (non-hydrogen) atoms. The van der Waals surface area contributed by atoms with Crippen molar-refractivity contribution >= 4 is 43.7 Å². The van der Waals surface area contributed by atoms with Crippen LogP contribution in [0.25, 0.3) is 49.4 Å². The molecule has 0 saturated carbocycles. The molecule has 0 atom stereocenters. The number of benzene rings is 4. The molecule has 0 aliphatic heterocycles. The third-order valence-electron chi connectivity index (χ3n) is 5.65. The third-order valence-corrected chi connectivity index (χ3v) is 5.65. The first-order valence-corrected chi connectivity index (χ1v) is 9.57. The van der Waals surface area contributed by atoms with Crippen LogP contribution in [0.4, 0.5) is 0 Å². The van der Waals surface area contributed by atoms with Gasteiger partial charge in [-0.3, -0.25) is 0 Å². The summed E-state index contributed by atoms with van der Waals surface area (Å²) in [7, 11) is 0. The Balaban J connectivity index is 1.78. The first kappa shape index (κ1) is 16.4. The molecular formula is C26H13N3O. The maximum atomic E-state index is 9.36. The molecular weight excluding hydrogens is 370 g/mol. The van der Waals surface area contributed by atoms with Gasteiger partial charge in [0.05, 0.1) is 40.0 Å². The van der Waals surface area contributed by atoms with E-state index < -0.39 is 0 Å². The Kier molecular flexibility index (Phi) is 3.27. The van der Waals surface area contributed by atoms with E-state index in [1.54, 1.807) is 6.07 Å². The van der Waals surface area contributed by atoms with Crippen molar-refractivity contribution in [3.63, 3.8) is 0 Å². The third kappa shape index (κ3) is 2.13. The summed E-state index contributed by atoms with van der Waals surface area (Å²) in [5, 5.41) is 22.7. The van der Waals surface area contributed by atoms with Crippen LogP contribution in [0, 0.1) is 22.7 Å². The minimum absolute atomic E-state index is 0.608. The summed E-state index contributed by atoms with van der Waals surface area (Å²) in [4.78, 5) is 0. The molecule has 0 aliphatic rings. The average molecular weight is 383 g/mol. The maximum absolute atomic E-state index is 9.36. The van der Waals surface area contributed by atoms with Crippen LogP contribution >= 0.6 is 0 Å². The van der Waals surface area contributed by atoms with Crippen LogP contribution in [0.15, 0.2) is 83.3 Å². The lowest BCUT2D eigenvalue weighted by molar-refractivity contribution is 0.666. The van der Waals surface area contributed by atoms with Crippen LogP contribution in [0.3, 0.4) is 0 Å². The highest BCUT2D eigenvalue weighted by Crippen LogP contribution is 2.38. The molecule has 0 bridgehead atoms. The quantitative estimate of drug-likeness (QED) is 0.329. The van der Waals surface area contributed by atoms with Gasteiger partial charge in [0.1, 0.15) is 5.58 Å². The highest BCUT2D eigenvalue weighted by atomic mass is 16.3. The fourth-order valence-electron chi connectivity index (χ4n) is 4.33. The number of nitriles is 2. The van der Waals surface area contributed by atoms with Gasteiger partial charge in [-0.15, -0.1) is 0 Å². The van der Waals surface area contributed by atoms with Crippen molar-refractivity contribution in [1.29, 1.82) is 10.5 Å². The minimum Gasteiger partial charge on any atom is -0.454 e. The maximum Gasteiger partial charge on any atom is 0.159 e. The number of rotatable bonds is 1. The van der Waals surface area contributed by atoms with E-state index >= 15 is 0 Å². The average Bonchev–Trinajstić information content (AvgIpc) is 3.33. The number of aromatic nitrogens is 1. The van der Waals surface area contributed by atoms with Crippen molar-refractivity contribution in [3.8, 4) is 17.8 Å². The number of hydrogen-bond acceptors (Lipinski definition) is 3. The topological polar surface area (TPSA) is 65.7 Å². The van der Waals surface area contributed by atoms with Crippen LogP contribution in [-0.4, -0.2) is 4.57 Å². The van der Waals surface area contributed by atoms with Gasteiger partial charge >= 0.3 is 0 Å². The van der Waals surface area contributed by atoms with Crippen molar-refractivity contribution in [3.05, 3.63) is 90.0 Å². The Morgan fingerprint density at radius 1 is 0.633 bits per heavy atom. The smallest absolute Gasteiger partial charge is 0.159 e. The molecule has 0 aliphatic carbocycles. The number of para-hydroxylation sites is 2. The SMILES string of the molecule is N#Cc1ccc2oc3c(-n4c5ccccc5c5cc(C#N)ccc54)cccc3c2c1. The van der Waals surface area contributed by atoms with Crippen molar-refractivity contribution in [1.82, 2.24) is 4.57 Å². The second-order valence-corrected chi connectivity index (χ2v) is 7.27. The van der Waals surface area contributed by atoms with Gasteiger partial charge in [-0.05, 0) is 48.5 Å². The van der Waals surface area contributed by atoms with Crippen LogP contribution in [0.1, 0.15) is 11.1 Å². The van der Waals surface area contributed by atoms with E-state index in [4.69, 9.17) is 4.42 Å². The Morgan fingerprint density at radius 3 is 2.17 bits per heavy atom. The Labute approximate surface area is 171 Å². The Hall–Kier alpha value is -4.54. The first-order chi connectivity index (χ1) is 14.8. The first-order valence-electron chi connectivity index (χ1n) is 9.57. The molecule has 138 valence electrons. The van der Waals surface area contributed by atoms with Gasteiger partial charge in [-0.1, -0.05) is 30.3 Å². The van der Waals surface area contributed by atoms with Gasteiger partial charge in [0.15, 0.2) is 5.58 Å². The summed E-state index contributed by atoms with van der Waals surface area (Å²) in [5.74, 6) is 0. The zero-order valence-corrected chi connectivity index (χ0v) is 15.8. The molecule has 4 aromatic carbocycles. The Morgan fingerprint density at radius 2 is 1.33 bits per heavy atom. The minimum atomic E-state index is 0.608. The van der Waals surface area contributed by atoms with Crippen molar-refractivity contribution in [2.75, 3.05) is 0 Å². The lowest BCUT2D eigenvalue weighted by atomic mass is 10.1. The molecule has 4 nitrogen and oxygen atoms in total. The molecule has 0 saturated heterocycles. The van der Waals surface area contributed by atoms with Gasteiger partial charge in [0.2, 0.25) is 0 Å². The van der Waals surface area contributed by atoms with Gasteiger partial charge in [-0.25, -0.2) is 0 Å².